The molecule has 1 aliphatic carbocycles. The Bertz CT molecular complexity index is 662. The van der Waals surface area contributed by atoms with Gasteiger partial charge in [-0.3, -0.25) is 4.79 Å². The van der Waals surface area contributed by atoms with Gasteiger partial charge in [0.15, 0.2) is 0 Å². The molecule has 1 aliphatic rings. The van der Waals surface area contributed by atoms with Crippen LogP contribution in [0, 0.1) is 0 Å². The first-order chi connectivity index (χ1) is 8.63. The molecule has 0 radical (unpaired) electrons. The topological polar surface area (TPSA) is 45.8 Å². The third-order valence-electron chi connectivity index (χ3n) is 2.93. The van der Waals surface area contributed by atoms with E-state index < -0.39 is 0 Å². The molecule has 0 saturated heterocycles. The number of aromatic nitrogens is 2. The van der Waals surface area contributed by atoms with Crippen molar-refractivity contribution >= 4 is 23.2 Å². The number of nitrogens with one attached hydrogen (secondary N) is 1. The number of H-pyrrole nitrogens is 1. The molecule has 1 aromatic heterocycles. The van der Waals surface area contributed by atoms with Crippen molar-refractivity contribution in [3.8, 4) is 11.3 Å². The van der Waals surface area contributed by atoms with Crippen LogP contribution in [0.1, 0.15) is 24.6 Å². The Morgan fingerprint density at radius 2 is 2.00 bits per heavy atom. The van der Waals surface area contributed by atoms with Gasteiger partial charge in [0.2, 0.25) is 0 Å². The van der Waals surface area contributed by atoms with Crippen molar-refractivity contribution in [3.63, 3.8) is 0 Å². The molecule has 5 heteroatoms. The van der Waals surface area contributed by atoms with Crippen molar-refractivity contribution in [1.82, 2.24) is 9.97 Å². The third kappa shape index (κ3) is 2.28. The fraction of sp³-hybridized carbons (Fsp3) is 0.231. The average Bonchev–Trinajstić information content (AvgIpc) is 3.15. The van der Waals surface area contributed by atoms with Gasteiger partial charge in [0.05, 0.1) is 10.7 Å². The van der Waals surface area contributed by atoms with Crippen molar-refractivity contribution in [2.45, 2.75) is 18.8 Å². The summed E-state index contributed by atoms with van der Waals surface area (Å²) >= 11 is 12.1. The largest absolute Gasteiger partial charge is 0.310 e. The molecule has 3 nitrogen and oxygen atoms in total. The number of nitrogens with zero attached hydrogens (tertiary/aromatic N) is 1. The van der Waals surface area contributed by atoms with E-state index in [1.807, 2.05) is 0 Å². The monoisotopic (exact) mass is 280 g/mol. The molecule has 92 valence electrons. The number of benzene rings is 1. The molecular formula is C13H10Cl2N2O. The molecule has 0 spiro atoms. The van der Waals surface area contributed by atoms with Crippen molar-refractivity contribution in [2.24, 2.45) is 0 Å². The Balaban J connectivity index is 2.15. The van der Waals surface area contributed by atoms with Gasteiger partial charge >= 0.3 is 0 Å². The van der Waals surface area contributed by atoms with E-state index in [0.717, 1.165) is 18.7 Å². The van der Waals surface area contributed by atoms with Crippen molar-refractivity contribution in [2.75, 3.05) is 0 Å². The number of hydrogen-bond donors (Lipinski definition) is 1. The fourth-order valence-corrected chi connectivity index (χ4v) is 2.24. The highest BCUT2D eigenvalue weighted by atomic mass is 35.5. The summed E-state index contributed by atoms with van der Waals surface area (Å²) in [4.78, 5) is 18.9. The molecule has 1 aromatic carbocycles. The van der Waals surface area contributed by atoms with Crippen molar-refractivity contribution in [1.29, 1.82) is 0 Å². The lowest BCUT2D eigenvalue weighted by molar-refractivity contribution is 0.912. The standard InChI is InChI=1S/C13H10Cl2N2O/c14-8-3-4-10(15)9(5-8)11-6-12(18)17-13(16-11)7-1-2-7/h3-7H,1-2H2,(H,16,17,18). The summed E-state index contributed by atoms with van der Waals surface area (Å²) < 4.78 is 0. The summed E-state index contributed by atoms with van der Waals surface area (Å²) in [5, 5.41) is 1.11. The van der Waals surface area contributed by atoms with E-state index in [2.05, 4.69) is 9.97 Å². The summed E-state index contributed by atoms with van der Waals surface area (Å²) in [5.74, 6) is 1.13. The Hall–Kier alpha value is -1.32. The highest BCUT2D eigenvalue weighted by Gasteiger charge is 2.26. The number of aromatic amines is 1. The third-order valence-corrected chi connectivity index (χ3v) is 3.49. The summed E-state index contributed by atoms with van der Waals surface area (Å²) in [5.41, 5.74) is 1.11. The summed E-state index contributed by atoms with van der Waals surface area (Å²) in [6.45, 7) is 0. The molecule has 1 heterocycles. The smallest absolute Gasteiger partial charge is 0.251 e. The minimum atomic E-state index is -0.155. The molecule has 3 rings (SSSR count). The first-order valence-electron chi connectivity index (χ1n) is 5.70. The van der Waals surface area contributed by atoms with Crippen LogP contribution < -0.4 is 5.56 Å². The van der Waals surface area contributed by atoms with Crippen molar-refractivity contribution in [3.05, 3.63) is 50.5 Å². The van der Waals surface area contributed by atoms with Gasteiger partial charge in [-0.2, -0.15) is 0 Å². The Kier molecular flexibility index (Phi) is 2.88. The van der Waals surface area contributed by atoms with Gasteiger partial charge in [0.1, 0.15) is 5.82 Å². The number of halogens is 2. The van der Waals surface area contributed by atoms with Gasteiger partial charge in [0, 0.05) is 22.6 Å². The van der Waals surface area contributed by atoms with Crippen LogP contribution >= 0.6 is 23.2 Å². The average molecular weight is 281 g/mol. The Morgan fingerprint density at radius 3 is 2.72 bits per heavy atom. The van der Waals surface area contributed by atoms with E-state index in [1.54, 1.807) is 18.2 Å². The second kappa shape index (κ2) is 4.41. The predicted octanol–water partition coefficient (Wildman–Crippen LogP) is 3.62. The number of hydrogen-bond acceptors (Lipinski definition) is 2. The van der Waals surface area contributed by atoms with E-state index in [4.69, 9.17) is 23.2 Å². The molecule has 1 fully saturated rings. The zero-order valence-corrected chi connectivity index (χ0v) is 10.9. The second-order valence-corrected chi connectivity index (χ2v) is 5.26. The summed E-state index contributed by atoms with van der Waals surface area (Å²) in [7, 11) is 0. The van der Waals surface area contributed by atoms with Gasteiger partial charge in [-0.15, -0.1) is 0 Å². The minimum absolute atomic E-state index is 0.155. The zero-order chi connectivity index (χ0) is 12.7. The van der Waals surface area contributed by atoms with Gasteiger partial charge in [-0.1, -0.05) is 23.2 Å². The lowest BCUT2D eigenvalue weighted by Crippen LogP contribution is -2.10. The Labute approximate surface area is 114 Å². The van der Waals surface area contributed by atoms with Crippen LogP contribution in [-0.4, -0.2) is 9.97 Å². The lowest BCUT2D eigenvalue weighted by atomic mass is 10.1. The van der Waals surface area contributed by atoms with Gasteiger partial charge in [-0.05, 0) is 31.0 Å². The maximum Gasteiger partial charge on any atom is 0.251 e. The maximum atomic E-state index is 11.6. The van der Waals surface area contributed by atoms with Crippen LogP contribution in [0.2, 0.25) is 10.0 Å². The van der Waals surface area contributed by atoms with Crippen LogP contribution in [0.15, 0.2) is 29.1 Å². The van der Waals surface area contributed by atoms with E-state index >= 15 is 0 Å². The van der Waals surface area contributed by atoms with Crippen LogP contribution in [0.5, 0.6) is 0 Å². The van der Waals surface area contributed by atoms with Gasteiger partial charge < -0.3 is 4.98 Å². The van der Waals surface area contributed by atoms with E-state index in [9.17, 15) is 4.79 Å². The molecular weight excluding hydrogens is 271 g/mol. The molecule has 1 saturated carbocycles. The first-order valence-corrected chi connectivity index (χ1v) is 6.46. The quantitative estimate of drug-likeness (QED) is 0.913. The van der Waals surface area contributed by atoms with E-state index in [1.165, 1.54) is 6.07 Å². The second-order valence-electron chi connectivity index (χ2n) is 4.41. The molecule has 0 unspecified atom stereocenters. The van der Waals surface area contributed by atoms with E-state index in [0.29, 0.717) is 27.2 Å². The molecule has 0 atom stereocenters. The van der Waals surface area contributed by atoms with Crippen LogP contribution in [0.3, 0.4) is 0 Å². The molecule has 18 heavy (non-hydrogen) atoms. The van der Waals surface area contributed by atoms with E-state index in [-0.39, 0.29) is 5.56 Å². The molecule has 0 bridgehead atoms. The normalized spacial score (nSPS) is 14.8. The van der Waals surface area contributed by atoms with Gasteiger partial charge in [-0.25, -0.2) is 4.98 Å². The maximum absolute atomic E-state index is 11.6. The van der Waals surface area contributed by atoms with Crippen LogP contribution in [-0.2, 0) is 0 Å². The fourth-order valence-electron chi connectivity index (χ4n) is 1.86. The minimum Gasteiger partial charge on any atom is -0.310 e. The molecule has 2 aromatic rings. The highest BCUT2D eigenvalue weighted by Crippen LogP contribution is 2.38. The zero-order valence-electron chi connectivity index (χ0n) is 9.41. The SMILES string of the molecule is O=c1cc(-c2cc(Cl)ccc2Cl)nc(C2CC2)[nH]1. The van der Waals surface area contributed by atoms with Crippen LogP contribution in [0.4, 0.5) is 0 Å². The molecule has 0 amide bonds. The first kappa shape index (κ1) is 11.8. The van der Waals surface area contributed by atoms with Crippen LogP contribution in [0.25, 0.3) is 11.3 Å². The van der Waals surface area contributed by atoms with Gasteiger partial charge in [0.25, 0.3) is 5.56 Å². The van der Waals surface area contributed by atoms with Crippen molar-refractivity contribution < 1.29 is 0 Å². The lowest BCUT2D eigenvalue weighted by Gasteiger charge is -2.06. The summed E-state index contributed by atoms with van der Waals surface area (Å²) in [6, 6.07) is 6.59. The number of rotatable bonds is 2. The molecule has 0 aliphatic heterocycles. The Morgan fingerprint density at radius 1 is 1.22 bits per heavy atom. The highest BCUT2D eigenvalue weighted by molar-refractivity contribution is 6.35. The molecule has 1 N–H and O–H groups in total. The summed E-state index contributed by atoms with van der Waals surface area (Å²) in [6.07, 6.45) is 2.16. The predicted molar refractivity (Wildman–Crippen MR) is 72.3 cm³/mol.